The fraction of sp³-hybridized carbons (Fsp3) is 0.333. The Bertz CT molecular complexity index is 137. The number of ether oxygens (including phenoxy) is 1. The molecule has 0 amide bonds. The van der Waals surface area contributed by atoms with Gasteiger partial charge in [0, 0.05) is 0 Å². The van der Waals surface area contributed by atoms with E-state index in [4.69, 9.17) is 4.74 Å². The summed E-state index contributed by atoms with van der Waals surface area (Å²) in [6, 6.07) is 0. The van der Waals surface area contributed by atoms with Crippen LogP contribution in [0.1, 0.15) is 6.92 Å². The van der Waals surface area contributed by atoms with Gasteiger partial charge < -0.3 is 4.74 Å². The first-order valence-corrected chi connectivity index (χ1v) is 2.99. The highest BCUT2D eigenvalue weighted by Gasteiger charge is 2.04. The van der Waals surface area contributed by atoms with Gasteiger partial charge in [-0.1, -0.05) is 6.08 Å². The second-order valence-electron chi connectivity index (χ2n) is 1.73. The molecule has 0 aromatic rings. The highest BCUT2D eigenvalue weighted by molar-refractivity contribution is 7.81. The summed E-state index contributed by atoms with van der Waals surface area (Å²) >= 11 is 4.11. The minimum atomic E-state index is -0.0278. The number of thiol groups is 1. The van der Waals surface area contributed by atoms with Gasteiger partial charge in [-0.25, -0.2) is 0 Å². The van der Waals surface area contributed by atoms with E-state index in [1.165, 1.54) is 0 Å². The zero-order valence-electron chi connectivity index (χ0n) is 4.66. The van der Waals surface area contributed by atoms with E-state index in [-0.39, 0.29) is 5.44 Å². The van der Waals surface area contributed by atoms with E-state index in [2.05, 4.69) is 12.6 Å². The highest BCUT2D eigenvalue weighted by Crippen LogP contribution is 2.13. The average molecular weight is 128 g/mol. The maximum absolute atomic E-state index is 5.01. The summed E-state index contributed by atoms with van der Waals surface area (Å²) in [7, 11) is 0. The van der Waals surface area contributed by atoms with Crippen molar-refractivity contribution in [3.05, 3.63) is 24.0 Å². The molecular weight excluding hydrogens is 120 g/mol. The molecule has 0 aromatic heterocycles. The molecule has 1 aliphatic heterocycles. The molecule has 1 unspecified atom stereocenters. The summed E-state index contributed by atoms with van der Waals surface area (Å²) < 4.78 is 5.01. The first kappa shape index (κ1) is 5.76. The molecule has 0 aromatic carbocycles. The van der Waals surface area contributed by atoms with Crippen LogP contribution in [-0.2, 0) is 4.74 Å². The normalized spacial score (nSPS) is 26.8. The van der Waals surface area contributed by atoms with Crippen LogP contribution in [0.3, 0.4) is 0 Å². The Labute approximate surface area is 54.4 Å². The third-order valence-corrected chi connectivity index (χ3v) is 1.56. The lowest BCUT2D eigenvalue weighted by Crippen LogP contribution is -2.04. The number of rotatable bonds is 0. The van der Waals surface area contributed by atoms with Gasteiger partial charge in [-0.05, 0) is 18.6 Å². The van der Waals surface area contributed by atoms with Crippen molar-refractivity contribution in [2.45, 2.75) is 12.4 Å². The molecule has 44 valence electrons. The number of hydrogen-bond donors (Lipinski definition) is 1. The van der Waals surface area contributed by atoms with Gasteiger partial charge in [0.25, 0.3) is 0 Å². The van der Waals surface area contributed by atoms with Crippen molar-refractivity contribution >= 4 is 12.6 Å². The van der Waals surface area contributed by atoms with Crippen LogP contribution in [0.2, 0.25) is 0 Å². The average Bonchev–Trinajstić information content (AvgIpc) is 1.77. The predicted molar refractivity (Wildman–Crippen MR) is 36.8 cm³/mol. The lowest BCUT2D eigenvalue weighted by molar-refractivity contribution is 0.248. The lowest BCUT2D eigenvalue weighted by Gasteiger charge is -2.12. The Kier molecular flexibility index (Phi) is 1.63. The van der Waals surface area contributed by atoms with Gasteiger partial charge in [0.2, 0.25) is 0 Å². The van der Waals surface area contributed by atoms with Gasteiger partial charge in [-0.3, -0.25) is 0 Å². The van der Waals surface area contributed by atoms with E-state index in [1.54, 1.807) is 6.26 Å². The van der Waals surface area contributed by atoms with Gasteiger partial charge >= 0.3 is 0 Å². The topological polar surface area (TPSA) is 9.23 Å². The van der Waals surface area contributed by atoms with Crippen molar-refractivity contribution in [2.24, 2.45) is 0 Å². The van der Waals surface area contributed by atoms with Crippen LogP contribution >= 0.6 is 12.6 Å². The summed E-state index contributed by atoms with van der Waals surface area (Å²) in [5.41, 5.74) is 1.12. The molecular formula is C6H8OS. The summed E-state index contributed by atoms with van der Waals surface area (Å²) in [4.78, 5) is 0. The van der Waals surface area contributed by atoms with E-state index in [1.807, 2.05) is 19.1 Å². The standard InChI is InChI=1S/C6H8OS/c1-5-3-2-4-7-6(5)8/h2-4,6,8H,1H3. The minimum Gasteiger partial charge on any atom is -0.483 e. The molecule has 1 rings (SSSR count). The van der Waals surface area contributed by atoms with Crippen LogP contribution in [0.5, 0.6) is 0 Å². The summed E-state index contributed by atoms with van der Waals surface area (Å²) in [6.45, 7) is 1.99. The Morgan fingerprint density at radius 3 is 2.88 bits per heavy atom. The molecule has 0 N–H and O–H groups in total. The third-order valence-electron chi connectivity index (χ3n) is 1.03. The summed E-state index contributed by atoms with van der Waals surface area (Å²) in [5.74, 6) is 0. The third kappa shape index (κ3) is 1.07. The van der Waals surface area contributed by atoms with Crippen molar-refractivity contribution in [1.29, 1.82) is 0 Å². The first-order chi connectivity index (χ1) is 3.80. The van der Waals surface area contributed by atoms with E-state index >= 15 is 0 Å². The molecule has 1 atom stereocenters. The monoisotopic (exact) mass is 128 g/mol. The second-order valence-corrected chi connectivity index (χ2v) is 2.20. The molecule has 0 bridgehead atoms. The van der Waals surface area contributed by atoms with Gasteiger partial charge in [0.15, 0.2) is 5.44 Å². The van der Waals surface area contributed by atoms with E-state index in [9.17, 15) is 0 Å². The molecule has 2 heteroatoms. The van der Waals surface area contributed by atoms with Crippen molar-refractivity contribution in [1.82, 2.24) is 0 Å². The highest BCUT2D eigenvalue weighted by atomic mass is 32.1. The van der Waals surface area contributed by atoms with Gasteiger partial charge in [-0.2, -0.15) is 0 Å². The fourth-order valence-electron chi connectivity index (χ4n) is 0.500. The van der Waals surface area contributed by atoms with Gasteiger partial charge in [0.05, 0.1) is 6.26 Å². The Balaban J connectivity index is 2.66. The Hall–Kier alpha value is -0.370. The van der Waals surface area contributed by atoms with Crippen LogP contribution < -0.4 is 0 Å². The molecule has 1 heterocycles. The molecule has 0 radical (unpaired) electrons. The minimum absolute atomic E-state index is 0.0278. The molecule has 0 saturated carbocycles. The molecule has 8 heavy (non-hydrogen) atoms. The van der Waals surface area contributed by atoms with Crippen molar-refractivity contribution < 1.29 is 4.74 Å². The van der Waals surface area contributed by atoms with Crippen LogP contribution in [0.25, 0.3) is 0 Å². The smallest absolute Gasteiger partial charge is 0.162 e. The van der Waals surface area contributed by atoms with E-state index in [0.29, 0.717) is 0 Å². The lowest BCUT2D eigenvalue weighted by atomic mass is 10.3. The zero-order valence-corrected chi connectivity index (χ0v) is 5.56. The van der Waals surface area contributed by atoms with Crippen molar-refractivity contribution in [3.8, 4) is 0 Å². The summed E-state index contributed by atoms with van der Waals surface area (Å²) in [5, 5.41) is 0. The first-order valence-electron chi connectivity index (χ1n) is 2.47. The number of allylic oxidation sites excluding steroid dienone is 2. The van der Waals surface area contributed by atoms with Crippen molar-refractivity contribution in [2.75, 3.05) is 0 Å². The van der Waals surface area contributed by atoms with E-state index < -0.39 is 0 Å². The quantitative estimate of drug-likeness (QED) is 0.489. The Morgan fingerprint density at radius 1 is 1.75 bits per heavy atom. The second kappa shape index (κ2) is 2.27. The fourth-order valence-corrected chi connectivity index (χ4v) is 0.657. The molecule has 0 fully saturated rings. The molecule has 1 nitrogen and oxygen atoms in total. The van der Waals surface area contributed by atoms with Crippen LogP contribution in [0.15, 0.2) is 24.0 Å². The van der Waals surface area contributed by atoms with Gasteiger partial charge in [0.1, 0.15) is 0 Å². The SMILES string of the molecule is CC1=CC=COC1S. The van der Waals surface area contributed by atoms with E-state index in [0.717, 1.165) is 5.57 Å². The largest absolute Gasteiger partial charge is 0.483 e. The summed E-state index contributed by atoms with van der Waals surface area (Å²) in [6.07, 6.45) is 5.49. The predicted octanol–water partition coefficient (Wildman–Crippen LogP) is 1.73. The maximum Gasteiger partial charge on any atom is 0.162 e. The van der Waals surface area contributed by atoms with Crippen LogP contribution in [0.4, 0.5) is 0 Å². The maximum atomic E-state index is 5.01. The van der Waals surface area contributed by atoms with Crippen LogP contribution in [0, 0.1) is 0 Å². The molecule has 0 spiro atoms. The van der Waals surface area contributed by atoms with Gasteiger partial charge in [-0.15, -0.1) is 12.6 Å². The molecule has 0 aliphatic carbocycles. The zero-order chi connectivity index (χ0) is 5.98. The van der Waals surface area contributed by atoms with Crippen molar-refractivity contribution in [3.63, 3.8) is 0 Å². The molecule has 0 saturated heterocycles. The Morgan fingerprint density at radius 2 is 2.50 bits per heavy atom. The van der Waals surface area contributed by atoms with Crippen LogP contribution in [-0.4, -0.2) is 5.44 Å². The number of hydrogen-bond acceptors (Lipinski definition) is 2. The molecule has 1 aliphatic rings.